The molecule has 158 valence electrons. The molecule has 5 nitrogen and oxygen atoms in total. The van der Waals surface area contributed by atoms with E-state index in [1.165, 1.54) is 0 Å². The quantitative estimate of drug-likeness (QED) is 0.749. The van der Waals surface area contributed by atoms with E-state index in [-0.39, 0.29) is 12.8 Å². The second-order valence-electron chi connectivity index (χ2n) is 7.55. The minimum atomic E-state index is -4.52. The van der Waals surface area contributed by atoms with Crippen LogP contribution < -0.4 is 15.4 Å². The number of fused-ring (bicyclic) bond motifs is 1. The monoisotopic (exact) mass is 418 g/mol. The van der Waals surface area contributed by atoms with Gasteiger partial charge in [0, 0.05) is 6.42 Å². The van der Waals surface area contributed by atoms with E-state index in [0.29, 0.717) is 6.61 Å². The molecule has 4 rings (SSSR count). The number of nitrogens with one attached hydrogen (secondary N) is 2. The van der Waals surface area contributed by atoms with Crippen LogP contribution in [-0.2, 0) is 16.0 Å². The van der Waals surface area contributed by atoms with Gasteiger partial charge in [0.15, 0.2) is 0 Å². The molecule has 2 N–H and O–H groups in total. The summed E-state index contributed by atoms with van der Waals surface area (Å²) in [6.45, 7) is 0.601. The molecule has 2 amide bonds. The standard InChI is InChI=1S/C22H21F3N2O3/c23-22(24,25)18-9-8-16(20(28)26-18)21(29)27-19(14-4-2-1-3-5-14)15-7-6-13-10-11-30-17(13)12-15/h1-7,12,16,18-19H,8-11H2,(H,26,28)(H,27,29). The highest BCUT2D eigenvalue weighted by Crippen LogP contribution is 2.32. The van der Waals surface area contributed by atoms with Gasteiger partial charge in [-0.05, 0) is 35.6 Å². The molecule has 0 spiro atoms. The molecule has 3 unspecified atom stereocenters. The second-order valence-corrected chi connectivity index (χ2v) is 7.55. The van der Waals surface area contributed by atoms with Crippen LogP contribution in [0.5, 0.6) is 5.75 Å². The Morgan fingerprint density at radius 3 is 2.57 bits per heavy atom. The molecule has 0 aromatic heterocycles. The summed E-state index contributed by atoms with van der Waals surface area (Å²) < 4.78 is 44.3. The summed E-state index contributed by atoms with van der Waals surface area (Å²) in [7, 11) is 0. The van der Waals surface area contributed by atoms with E-state index in [2.05, 4.69) is 5.32 Å². The van der Waals surface area contributed by atoms with E-state index in [9.17, 15) is 22.8 Å². The van der Waals surface area contributed by atoms with Crippen molar-refractivity contribution >= 4 is 11.8 Å². The largest absolute Gasteiger partial charge is 0.493 e. The normalized spacial score (nSPS) is 21.9. The van der Waals surface area contributed by atoms with Gasteiger partial charge in [-0.15, -0.1) is 0 Å². The summed E-state index contributed by atoms with van der Waals surface area (Å²) in [5, 5.41) is 4.79. The summed E-state index contributed by atoms with van der Waals surface area (Å²) in [5.41, 5.74) is 2.66. The molecular formula is C22H21F3N2O3. The molecular weight excluding hydrogens is 397 g/mol. The van der Waals surface area contributed by atoms with E-state index >= 15 is 0 Å². The van der Waals surface area contributed by atoms with Crippen molar-refractivity contribution in [2.75, 3.05) is 6.61 Å². The van der Waals surface area contributed by atoms with Gasteiger partial charge in [0.1, 0.15) is 17.7 Å². The number of amides is 2. The van der Waals surface area contributed by atoms with Crippen molar-refractivity contribution in [2.45, 2.75) is 37.5 Å². The van der Waals surface area contributed by atoms with Crippen molar-refractivity contribution in [3.63, 3.8) is 0 Å². The van der Waals surface area contributed by atoms with Gasteiger partial charge >= 0.3 is 6.18 Å². The molecule has 2 aliphatic rings. The lowest BCUT2D eigenvalue weighted by atomic mass is 9.91. The number of ether oxygens (including phenoxy) is 1. The molecule has 0 bridgehead atoms. The Balaban J connectivity index is 1.55. The maximum atomic E-state index is 12.9. The zero-order valence-electron chi connectivity index (χ0n) is 16.0. The van der Waals surface area contributed by atoms with E-state index in [1.807, 2.05) is 53.8 Å². The Bertz CT molecular complexity index is 946. The summed E-state index contributed by atoms with van der Waals surface area (Å²) in [6.07, 6.45) is -4.18. The van der Waals surface area contributed by atoms with Gasteiger partial charge in [-0.1, -0.05) is 42.5 Å². The van der Waals surface area contributed by atoms with Crippen LogP contribution in [0.1, 0.15) is 35.6 Å². The number of piperidine rings is 1. The Morgan fingerprint density at radius 2 is 1.87 bits per heavy atom. The number of hydrogen-bond acceptors (Lipinski definition) is 3. The SMILES string of the molecule is O=C(NC(c1ccccc1)c1ccc2c(c1)OCC2)C1CCC(C(F)(F)F)NC1=O. The van der Waals surface area contributed by atoms with E-state index in [1.54, 1.807) is 0 Å². The lowest BCUT2D eigenvalue weighted by molar-refractivity contribution is -0.171. The fourth-order valence-electron chi connectivity index (χ4n) is 3.91. The lowest BCUT2D eigenvalue weighted by Gasteiger charge is -2.31. The minimum Gasteiger partial charge on any atom is -0.493 e. The average Bonchev–Trinajstić information content (AvgIpc) is 3.19. The third-order valence-electron chi connectivity index (χ3n) is 5.56. The van der Waals surface area contributed by atoms with Crippen molar-refractivity contribution in [3.05, 3.63) is 65.2 Å². The van der Waals surface area contributed by atoms with Gasteiger partial charge in [0.25, 0.3) is 0 Å². The number of halogens is 3. The topological polar surface area (TPSA) is 67.4 Å². The van der Waals surface area contributed by atoms with Crippen molar-refractivity contribution < 1.29 is 27.5 Å². The molecule has 0 radical (unpaired) electrons. The zero-order valence-corrected chi connectivity index (χ0v) is 16.0. The zero-order chi connectivity index (χ0) is 21.3. The summed E-state index contributed by atoms with van der Waals surface area (Å²) >= 11 is 0. The second kappa shape index (κ2) is 8.01. The fraction of sp³-hybridized carbons (Fsp3) is 0.364. The number of carbonyl (C=O) groups excluding carboxylic acids is 2. The Labute approximate surface area is 171 Å². The van der Waals surface area contributed by atoms with Crippen molar-refractivity contribution in [3.8, 4) is 5.75 Å². The molecule has 2 aliphatic heterocycles. The third-order valence-corrected chi connectivity index (χ3v) is 5.56. The molecule has 0 saturated carbocycles. The van der Waals surface area contributed by atoms with Crippen LogP contribution in [0.3, 0.4) is 0 Å². The van der Waals surface area contributed by atoms with Crippen LogP contribution in [0.2, 0.25) is 0 Å². The first-order chi connectivity index (χ1) is 14.3. The van der Waals surface area contributed by atoms with Gasteiger partial charge < -0.3 is 15.4 Å². The van der Waals surface area contributed by atoms with Crippen LogP contribution >= 0.6 is 0 Å². The predicted octanol–water partition coefficient (Wildman–Crippen LogP) is 3.28. The van der Waals surface area contributed by atoms with Crippen molar-refractivity contribution in [1.82, 2.24) is 10.6 Å². The van der Waals surface area contributed by atoms with Crippen LogP contribution in [0.4, 0.5) is 13.2 Å². The van der Waals surface area contributed by atoms with E-state index in [4.69, 9.17) is 4.74 Å². The highest BCUT2D eigenvalue weighted by molar-refractivity contribution is 6.01. The molecule has 2 aromatic carbocycles. The maximum Gasteiger partial charge on any atom is 0.408 e. The molecule has 1 saturated heterocycles. The molecule has 1 fully saturated rings. The number of rotatable bonds is 4. The molecule has 30 heavy (non-hydrogen) atoms. The maximum absolute atomic E-state index is 12.9. The van der Waals surface area contributed by atoms with Crippen LogP contribution in [0, 0.1) is 5.92 Å². The average molecular weight is 418 g/mol. The number of hydrogen-bond donors (Lipinski definition) is 2. The van der Waals surface area contributed by atoms with Crippen LogP contribution in [-0.4, -0.2) is 30.6 Å². The smallest absolute Gasteiger partial charge is 0.408 e. The van der Waals surface area contributed by atoms with Gasteiger partial charge in [-0.25, -0.2) is 0 Å². The number of alkyl halides is 3. The molecule has 0 aliphatic carbocycles. The molecule has 2 heterocycles. The third kappa shape index (κ3) is 4.13. The lowest BCUT2D eigenvalue weighted by Crippen LogP contribution is -2.54. The highest BCUT2D eigenvalue weighted by Gasteiger charge is 2.46. The minimum absolute atomic E-state index is 0.156. The molecule has 3 atom stereocenters. The summed E-state index contributed by atoms with van der Waals surface area (Å²) in [5.74, 6) is -1.90. The Hall–Kier alpha value is -3.03. The van der Waals surface area contributed by atoms with Gasteiger partial charge in [0.05, 0.1) is 12.6 Å². The van der Waals surface area contributed by atoms with E-state index < -0.39 is 36.0 Å². The number of carbonyl (C=O) groups is 2. The first kappa shape index (κ1) is 20.3. The number of benzene rings is 2. The van der Waals surface area contributed by atoms with Crippen LogP contribution in [0.15, 0.2) is 48.5 Å². The first-order valence-electron chi connectivity index (χ1n) is 9.81. The van der Waals surface area contributed by atoms with Crippen molar-refractivity contribution in [1.29, 1.82) is 0 Å². The fourth-order valence-corrected chi connectivity index (χ4v) is 3.91. The van der Waals surface area contributed by atoms with Gasteiger partial charge in [-0.3, -0.25) is 9.59 Å². The highest BCUT2D eigenvalue weighted by atomic mass is 19.4. The molecule has 2 aromatic rings. The predicted molar refractivity (Wildman–Crippen MR) is 103 cm³/mol. The Morgan fingerprint density at radius 1 is 1.10 bits per heavy atom. The van der Waals surface area contributed by atoms with Gasteiger partial charge in [0.2, 0.25) is 11.8 Å². The van der Waals surface area contributed by atoms with Crippen LogP contribution in [0.25, 0.3) is 0 Å². The van der Waals surface area contributed by atoms with Gasteiger partial charge in [-0.2, -0.15) is 13.2 Å². The van der Waals surface area contributed by atoms with Crippen molar-refractivity contribution in [2.24, 2.45) is 5.92 Å². The first-order valence-corrected chi connectivity index (χ1v) is 9.81. The van der Waals surface area contributed by atoms with E-state index in [0.717, 1.165) is 28.9 Å². The molecule has 8 heteroatoms. The Kier molecular flexibility index (Phi) is 5.40. The summed E-state index contributed by atoms with van der Waals surface area (Å²) in [4.78, 5) is 25.1. The summed E-state index contributed by atoms with van der Waals surface area (Å²) in [6, 6.07) is 12.4.